The van der Waals surface area contributed by atoms with Crippen LogP contribution in [-0.4, -0.2) is 99.9 Å². The van der Waals surface area contributed by atoms with Gasteiger partial charge in [-0.05, 0) is 49.7 Å². The molecule has 0 radical (unpaired) electrons. The van der Waals surface area contributed by atoms with Gasteiger partial charge in [0.15, 0.2) is 11.5 Å². The molecular weight excluding hydrogens is 660 g/mol. The van der Waals surface area contributed by atoms with Gasteiger partial charge in [-0.3, -0.25) is 9.59 Å². The summed E-state index contributed by atoms with van der Waals surface area (Å²) in [5, 5.41) is 5.36. The molecule has 0 aliphatic carbocycles. The predicted octanol–water partition coefficient (Wildman–Crippen LogP) is 4.28. The molecule has 0 unspecified atom stereocenters. The van der Waals surface area contributed by atoms with Gasteiger partial charge in [0, 0.05) is 24.2 Å². The summed E-state index contributed by atoms with van der Waals surface area (Å²) in [6.07, 6.45) is 5.21. The predicted molar refractivity (Wildman–Crippen MR) is 183 cm³/mol. The van der Waals surface area contributed by atoms with Gasteiger partial charge < -0.3 is 49.3 Å². The van der Waals surface area contributed by atoms with Crippen LogP contribution in [0.25, 0.3) is 22.5 Å². The van der Waals surface area contributed by atoms with Crippen LogP contribution in [0.15, 0.2) is 24.5 Å². The highest BCUT2D eigenvalue weighted by molar-refractivity contribution is 5.87. The molecule has 4 amide bonds. The van der Waals surface area contributed by atoms with Crippen molar-refractivity contribution >= 4 is 24.0 Å². The van der Waals surface area contributed by atoms with Crippen molar-refractivity contribution in [1.29, 1.82) is 0 Å². The first kappa shape index (κ1) is 35.5. The Morgan fingerprint density at radius 1 is 0.745 bits per heavy atom. The Balaban J connectivity index is 1.22. The van der Waals surface area contributed by atoms with E-state index < -0.39 is 24.3 Å². The first-order valence-corrected chi connectivity index (χ1v) is 17.3. The maximum atomic E-state index is 13.6. The van der Waals surface area contributed by atoms with Crippen molar-refractivity contribution in [2.24, 2.45) is 11.8 Å². The van der Waals surface area contributed by atoms with Gasteiger partial charge in [0.05, 0.1) is 50.1 Å². The number of alkyl carbamates (subject to hydrolysis) is 2. The summed E-state index contributed by atoms with van der Waals surface area (Å²) in [5.41, 5.74) is 2.91. The maximum absolute atomic E-state index is 13.6. The van der Waals surface area contributed by atoms with Crippen LogP contribution in [0.5, 0.6) is 11.5 Å². The normalized spacial score (nSPS) is 19.4. The quantitative estimate of drug-likeness (QED) is 0.237. The van der Waals surface area contributed by atoms with Crippen LogP contribution in [0.1, 0.15) is 77.1 Å². The molecule has 2 saturated heterocycles. The zero-order valence-electron chi connectivity index (χ0n) is 29.8. The van der Waals surface area contributed by atoms with Crippen LogP contribution in [0.3, 0.4) is 0 Å². The third kappa shape index (κ3) is 7.03. The number of ether oxygens (including phenoxy) is 4. The van der Waals surface area contributed by atoms with Gasteiger partial charge in [-0.15, -0.1) is 0 Å². The van der Waals surface area contributed by atoms with Crippen molar-refractivity contribution in [3.8, 4) is 34.0 Å². The number of likely N-dealkylation sites (tertiary alicyclic amines) is 2. The second-order valence-corrected chi connectivity index (χ2v) is 13.7. The van der Waals surface area contributed by atoms with Crippen LogP contribution in [0.2, 0.25) is 0 Å². The van der Waals surface area contributed by atoms with Gasteiger partial charge in [0.2, 0.25) is 18.6 Å². The molecule has 2 fully saturated rings. The average Bonchev–Trinajstić information content (AvgIpc) is 3.96. The number of imidazole rings is 2. The number of aromatic nitrogens is 4. The molecule has 0 bridgehead atoms. The van der Waals surface area contributed by atoms with Gasteiger partial charge in [0.25, 0.3) is 0 Å². The summed E-state index contributed by atoms with van der Waals surface area (Å²) in [6, 6.07) is 1.82. The summed E-state index contributed by atoms with van der Waals surface area (Å²) in [5.74, 6) is 1.74. The van der Waals surface area contributed by atoms with Crippen LogP contribution in [0, 0.1) is 11.8 Å². The molecule has 6 rings (SSSR count). The lowest BCUT2D eigenvalue weighted by molar-refractivity contribution is -0.136. The highest BCUT2D eigenvalue weighted by Gasteiger charge is 2.39. The summed E-state index contributed by atoms with van der Waals surface area (Å²) in [4.78, 5) is 70.8. The number of amides is 4. The Bertz CT molecular complexity index is 1640. The molecule has 4 N–H and O–H groups in total. The number of hydrogen-bond donors (Lipinski definition) is 4. The topological polar surface area (TPSA) is 193 Å². The average molecular weight is 707 g/mol. The molecule has 5 heterocycles. The Labute approximate surface area is 295 Å². The van der Waals surface area contributed by atoms with Gasteiger partial charge in [-0.25, -0.2) is 19.6 Å². The number of methoxy groups -OCH3 is 2. The van der Waals surface area contributed by atoms with Crippen LogP contribution >= 0.6 is 0 Å². The zero-order valence-corrected chi connectivity index (χ0v) is 29.8. The zero-order chi connectivity index (χ0) is 36.4. The van der Waals surface area contributed by atoms with E-state index in [1.807, 2.05) is 39.8 Å². The van der Waals surface area contributed by atoms with E-state index in [1.54, 1.807) is 22.2 Å². The number of carbonyl (C=O) groups is 4. The van der Waals surface area contributed by atoms with E-state index in [4.69, 9.17) is 18.9 Å². The Morgan fingerprint density at radius 3 is 1.53 bits per heavy atom. The first-order valence-electron chi connectivity index (χ1n) is 17.3. The second kappa shape index (κ2) is 14.9. The molecule has 1 aromatic carbocycles. The fraction of sp³-hybridized carbons (Fsp3) is 0.543. The minimum absolute atomic E-state index is 0.0325. The highest BCUT2D eigenvalue weighted by atomic mass is 16.7. The van der Waals surface area contributed by atoms with E-state index in [-0.39, 0.29) is 42.5 Å². The number of rotatable bonds is 10. The molecule has 2 aromatic heterocycles. The lowest BCUT2D eigenvalue weighted by Crippen LogP contribution is -2.51. The monoisotopic (exact) mass is 706 g/mol. The van der Waals surface area contributed by atoms with E-state index in [9.17, 15) is 19.2 Å². The number of nitrogens with zero attached hydrogens (tertiary/aromatic N) is 4. The highest BCUT2D eigenvalue weighted by Crippen LogP contribution is 2.47. The number of H-pyrrole nitrogens is 2. The molecule has 51 heavy (non-hydrogen) atoms. The molecule has 3 aromatic rings. The number of fused-ring (bicyclic) bond motifs is 1. The van der Waals surface area contributed by atoms with Crippen LogP contribution in [0.4, 0.5) is 9.59 Å². The molecule has 16 nitrogen and oxygen atoms in total. The van der Waals surface area contributed by atoms with E-state index in [2.05, 4.69) is 30.6 Å². The van der Waals surface area contributed by atoms with Gasteiger partial charge in [-0.2, -0.15) is 0 Å². The van der Waals surface area contributed by atoms with E-state index >= 15 is 0 Å². The van der Waals surface area contributed by atoms with Gasteiger partial charge in [-0.1, -0.05) is 27.7 Å². The summed E-state index contributed by atoms with van der Waals surface area (Å²) < 4.78 is 21.4. The van der Waals surface area contributed by atoms with Crippen molar-refractivity contribution in [3.63, 3.8) is 0 Å². The second-order valence-electron chi connectivity index (χ2n) is 13.7. The Morgan fingerprint density at radius 2 is 1.16 bits per heavy atom. The third-order valence-electron chi connectivity index (χ3n) is 9.78. The molecule has 4 atom stereocenters. The fourth-order valence-corrected chi connectivity index (χ4v) is 7.09. The van der Waals surface area contributed by atoms with Crippen LogP contribution in [-0.2, 0) is 19.1 Å². The molecular formula is C35H46N8O8. The fourth-order valence-electron chi connectivity index (χ4n) is 7.09. The van der Waals surface area contributed by atoms with Crippen molar-refractivity contribution in [3.05, 3.63) is 36.2 Å². The largest absolute Gasteiger partial charge is 0.453 e. The molecule has 3 aliphatic rings. The molecule has 3 aliphatic heterocycles. The molecule has 16 heteroatoms. The summed E-state index contributed by atoms with van der Waals surface area (Å²) >= 11 is 0. The first-order chi connectivity index (χ1) is 24.5. The minimum atomic E-state index is -0.727. The summed E-state index contributed by atoms with van der Waals surface area (Å²) in [6.45, 7) is 8.65. The number of nitrogens with one attached hydrogen (secondary N) is 4. The van der Waals surface area contributed by atoms with Gasteiger partial charge >= 0.3 is 12.2 Å². The maximum Gasteiger partial charge on any atom is 0.407 e. The smallest absolute Gasteiger partial charge is 0.407 e. The molecule has 0 saturated carbocycles. The standard InChI is InChI=1S/C35H46N8O8/c1-18(2)26(40-34(46)48-5)32(44)42-13-7-9-24(42)30-36-15-22(38-30)20-11-12-21(29-28(20)50-17-51-29)23-16-37-31(39-23)25-10-8-14-43(25)33(45)27(19(3)4)41-35(47)49-6/h11-12,15-16,18-19,24-27H,7-10,13-14,17H2,1-6H3,(H,36,38)(H,37,39)(H,40,46)(H,41,47)/t24-,25-,26-,27-/m0/s1. The number of carbonyl (C=O) groups excluding carboxylic acids is 4. The van der Waals surface area contributed by atoms with Gasteiger partial charge in [0.1, 0.15) is 23.7 Å². The minimum Gasteiger partial charge on any atom is -0.453 e. The summed E-state index contributed by atoms with van der Waals surface area (Å²) in [7, 11) is 2.55. The lowest BCUT2D eigenvalue weighted by atomic mass is 10.0. The van der Waals surface area contributed by atoms with E-state index in [1.165, 1.54) is 14.2 Å². The third-order valence-corrected chi connectivity index (χ3v) is 9.78. The molecule has 274 valence electrons. The Kier molecular flexibility index (Phi) is 10.4. The van der Waals surface area contributed by atoms with Crippen molar-refractivity contribution in [1.82, 2.24) is 40.4 Å². The Hall–Kier alpha value is -5.28. The van der Waals surface area contributed by atoms with E-state index in [0.717, 1.165) is 36.8 Å². The number of aromatic amines is 2. The molecule has 0 spiro atoms. The van der Waals surface area contributed by atoms with Crippen molar-refractivity contribution in [2.45, 2.75) is 77.5 Å². The lowest BCUT2D eigenvalue weighted by Gasteiger charge is -2.30. The van der Waals surface area contributed by atoms with Crippen LogP contribution < -0.4 is 20.1 Å². The van der Waals surface area contributed by atoms with Crippen molar-refractivity contribution in [2.75, 3.05) is 34.1 Å². The van der Waals surface area contributed by atoms with E-state index in [0.29, 0.717) is 47.6 Å². The SMILES string of the molecule is COC(=O)N[C@H](C(=O)N1CCC[C@H]1c1ncc(-c2ccc(-c3cnc([C@@H]4CCCN4C(=O)[C@@H](NC(=O)OC)C(C)C)[nH]3)c3c2OCO3)[nH]1)C(C)C. The number of hydrogen-bond acceptors (Lipinski definition) is 10. The van der Waals surface area contributed by atoms with Crippen molar-refractivity contribution < 1.29 is 38.1 Å². The number of benzene rings is 1.